The number of hydrogen-bond donors (Lipinski definition) is 1. The first kappa shape index (κ1) is 15.9. The molecule has 0 saturated carbocycles. The molecule has 118 valence electrons. The summed E-state index contributed by atoms with van der Waals surface area (Å²) in [6.07, 6.45) is 0. The molecule has 1 amide bonds. The van der Waals surface area contributed by atoms with E-state index in [1.807, 2.05) is 0 Å². The average molecular weight is 313 g/mol. The van der Waals surface area contributed by atoms with Crippen LogP contribution in [0.3, 0.4) is 0 Å². The van der Waals surface area contributed by atoms with Crippen LogP contribution in [-0.4, -0.2) is 57.3 Å². The second-order valence-electron chi connectivity index (χ2n) is 5.91. The van der Waals surface area contributed by atoms with Gasteiger partial charge in [-0.2, -0.15) is 0 Å². The molecule has 0 aromatic carbocycles. The quantitative estimate of drug-likeness (QED) is 0.919. The van der Waals surface area contributed by atoms with E-state index < -0.39 is 0 Å². The van der Waals surface area contributed by atoms with Gasteiger partial charge in [0.05, 0.1) is 19.3 Å². The molecule has 2 rings (SSSR count). The highest BCUT2D eigenvalue weighted by molar-refractivity contribution is 7.19. The molecule has 1 saturated heterocycles. The lowest BCUT2D eigenvalue weighted by molar-refractivity contribution is -0.0275. The van der Waals surface area contributed by atoms with Crippen LogP contribution < -0.4 is 15.4 Å². The van der Waals surface area contributed by atoms with Gasteiger partial charge in [0.15, 0.2) is 5.75 Å². The Balaban J connectivity index is 2.39. The molecule has 1 fully saturated rings. The second kappa shape index (κ2) is 5.73. The first-order valence-corrected chi connectivity index (χ1v) is 7.65. The zero-order valence-corrected chi connectivity index (χ0v) is 14.0. The third kappa shape index (κ3) is 3.08. The van der Waals surface area contributed by atoms with E-state index in [1.165, 1.54) is 16.2 Å². The number of amides is 1. The van der Waals surface area contributed by atoms with E-state index in [9.17, 15) is 4.79 Å². The van der Waals surface area contributed by atoms with Gasteiger partial charge in [-0.3, -0.25) is 4.79 Å². The molecular formula is C14H23N3O3S. The summed E-state index contributed by atoms with van der Waals surface area (Å²) in [6, 6.07) is 0. The number of anilines is 2. The summed E-state index contributed by atoms with van der Waals surface area (Å²) in [5, 5.41) is 0.900. The van der Waals surface area contributed by atoms with Gasteiger partial charge in [-0.1, -0.05) is 0 Å². The molecule has 0 bridgehead atoms. The molecule has 0 radical (unpaired) electrons. The zero-order valence-electron chi connectivity index (χ0n) is 13.2. The fourth-order valence-corrected chi connectivity index (χ4v) is 3.61. The van der Waals surface area contributed by atoms with Crippen molar-refractivity contribution in [3.05, 3.63) is 4.88 Å². The Hall–Kier alpha value is -1.47. The predicted octanol–water partition coefficient (Wildman–Crippen LogP) is 1.66. The number of morpholine rings is 1. The van der Waals surface area contributed by atoms with E-state index in [2.05, 4.69) is 18.7 Å². The van der Waals surface area contributed by atoms with Crippen molar-refractivity contribution in [1.82, 2.24) is 4.90 Å². The molecule has 1 aromatic rings. The van der Waals surface area contributed by atoms with Crippen molar-refractivity contribution in [2.45, 2.75) is 19.4 Å². The number of carbonyl (C=O) groups is 1. The minimum Gasteiger partial charge on any atom is -0.492 e. The van der Waals surface area contributed by atoms with E-state index in [-0.39, 0.29) is 11.5 Å². The second-order valence-corrected chi connectivity index (χ2v) is 6.91. The smallest absolute Gasteiger partial charge is 0.265 e. The molecule has 1 aliphatic heterocycles. The maximum Gasteiger partial charge on any atom is 0.265 e. The molecule has 21 heavy (non-hydrogen) atoms. The van der Waals surface area contributed by atoms with Crippen LogP contribution in [0.1, 0.15) is 23.5 Å². The van der Waals surface area contributed by atoms with Gasteiger partial charge in [-0.05, 0) is 13.8 Å². The first-order valence-electron chi connectivity index (χ1n) is 6.83. The summed E-state index contributed by atoms with van der Waals surface area (Å²) in [6.45, 7) is 6.24. The van der Waals surface area contributed by atoms with Crippen molar-refractivity contribution in [2.24, 2.45) is 0 Å². The van der Waals surface area contributed by atoms with Crippen molar-refractivity contribution in [3.63, 3.8) is 0 Å². The predicted molar refractivity (Wildman–Crippen MR) is 85.5 cm³/mol. The largest absolute Gasteiger partial charge is 0.492 e. The van der Waals surface area contributed by atoms with E-state index in [1.54, 1.807) is 21.2 Å². The van der Waals surface area contributed by atoms with E-state index in [0.29, 0.717) is 22.9 Å². The van der Waals surface area contributed by atoms with Crippen molar-refractivity contribution in [3.8, 4) is 5.75 Å². The molecule has 0 unspecified atom stereocenters. The summed E-state index contributed by atoms with van der Waals surface area (Å²) in [5.41, 5.74) is 6.30. The van der Waals surface area contributed by atoms with E-state index in [4.69, 9.17) is 15.2 Å². The summed E-state index contributed by atoms with van der Waals surface area (Å²) >= 11 is 1.38. The summed E-state index contributed by atoms with van der Waals surface area (Å²) in [4.78, 5) is 16.4. The van der Waals surface area contributed by atoms with E-state index in [0.717, 1.165) is 18.1 Å². The van der Waals surface area contributed by atoms with Crippen LogP contribution in [-0.2, 0) is 4.74 Å². The van der Waals surface area contributed by atoms with Gasteiger partial charge in [0.2, 0.25) is 0 Å². The molecule has 2 heterocycles. The lowest BCUT2D eigenvalue weighted by atomic mass is 10.1. The normalized spacial score (nSPS) is 17.7. The fourth-order valence-electron chi connectivity index (χ4n) is 2.37. The lowest BCUT2D eigenvalue weighted by Gasteiger charge is -2.38. The molecule has 0 spiro atoms. The number of ether oxygens (including phenoxy) is 2. The standard InChI is InChI=1S/C14H23N3O3S/c1-14(2)8-17(6-7-20-14)13-10(19-5)9(15)11(21-13)12(18)16(3)4/h6-8,15H2,1-5H3. The van der Waals surface area contributed by atoms with Crippen LogP contribution in [0.2, 0.25) is 0 Å². The van der Waals surface area contributed by atoms with Crippen LogP contribution in [0.15, 0.2) is 0 Å². The third-order valence-electron chi connectivity index (χ3n) is 3.40. The molecule has 1 aromatic heterocycles. The Bertz CT molecular complexity index is 540. The molecule has 0 atom stereocenters. The Labute approximate surface area is 129 Å². The number of thiophene rings is 1. The monoisotopic (exact) mass is 313 g/mol. The van der Waals surface area contributed by atoms with Crippen molar-refractivity contribution in [1.29, 1.82) is 0 Å². The Morgan fingerprint density at radius 3 is 2.67 bits per heavy atom. The highest BCUT2D eigenvalue weighted by Gasteiger charge is 2.32. The van der Waals surface area contributed by atoms with E-state index >= 15 is 0 Å². The van der Waals surface area contributed by atoms with Gasteiger partial charge in [0.1, 0.15) is 15.6 Å². The fraction of sp³-hybridized carbons (Fsp3) is 0.643. The minimum atomic E-state index is -0.228. The average Bonchev–Trinajstić information content (AvgIpc) is 2.73. The number of nitrogen functional groups attached to an aromatic ring is 1. The summed E-state index contributed by atoms with van der Waals surface area (Å²) in [5.74, 6) is 0.484. The van der Waals surface area contributed by atoms with Crippen LogP contribution >= 0.6 is 11.3 Å². The number of methoxy groups -OCH3 is 1. The maximum absolute atomic E-state index is 12.2. The lowest BCUT2D eigenvalue weighted by Crippen LogP contribution is -2.48. The van der Waals surface area contributed by atoms with Gasteiger partial charge in [-0.25, -0.2) is 0 Å². The van der Waals surface area contributed by atoms with Crippen LogP contribution in [0, 0.1) is 0 Å². The zero-order chi connectivity index (χ0) is 15.8. The van der Waals surface area contributed by atoms with Gasteiger partial charge in [0, 0.05) is 27.2 Å². The Morgan fingerprint density at radius 2 is 2.14 bits per heavy atom. The SMILES string of the molecule is COc1c(N2CCOC(C)(C)C2)sc(C(=O)N(C)C)c1N. The van der Waals surface area contributed by atoms with Crippen molar-refractivity contribution < 1.29 is 14.3 Å². The summed E-state index contributed by atoms with van der Waals surface area (Å²) in [7, 11) is 5.01. The molecule has 6 nitrogen and oxygen atoms in total. The number of nitrogens with zero attached hydrogens (tertiary/aromatic N) is 2. The minimum absolute atomic E-state index is 0.102. The molecule has 1 aliphatic rings. The van der Waals surface area contributed by atoms with Crippen LogP contribution in [0.4, 0.5) is 10.7 Å². The highest BCUT2D eigenvalue weighted by atomic mass is 32.1. The van der Waals surface area contributed by atoms with Crippen molar-refractivity contribution >= 4 is 27.9 Å². The third-order valence-corrected chi connectivity index (χ3v) is 4.64. The highest BCUT2D eigenvalue weighted by Crippen LogP contribution is 2.46. The molecule has 7 heteroatoms. The molecule has 0 aliphatic carbocycles. The van der Waals surface area contributed by atoms with Gasteiger partial charge in [0.25, 0.3) is 5.91 Å². The Morgan fingerprint density at radius 1 is 1.48 bits per heavy atom. The molecular weight excluding hydrogens is 290 g/mol. The number of carbonyl (C=O) groups excluding carboxylic acids is 1. The number of nitrogens with two attached hydrogens (primary N) is 1. The Kier molecular flexibility index (Phi) is 4.34. The van der Waals surface area contributed by atoms with Gasteiger partial charge < -0.3 is 25.0 Å². The maximum atomic E-state index is 12.2. The topological polar surface area (TPSA) is 68.0 Å². The van der Waals surface area contributed by atoms with Crippen molar-refractivity contribution in [2.75, 3.05) is 51.5 Å². The van der Waals surface area contributed by atoms with Crippen LogP contribution in [0.25, 0.3) is 0 Å². The summed E-state index contributed by atoms with van der Waals surface area (Å²) < 4.78 is 11.2. The number of rotatable bonds is 3. The van der Waals surface area contributed by atoms with Gasteiger partial charge >= 0.3 is 0 Å². The first-order chi connectivity index (χ1) is 9.76. The molecule has 2 N–H and O–H groups in total. The number of hydrogen-bond acceptors (Lipinski definition) is 6. The van der Waals surface area contributed by atoms with Crippen LogP contribution in [0.5, 0.6) is 5.75 Å². The van der Waals surface area contributed by atoms with Gasteiger partial charge in [-0.15, -0.1) is 11.3 Å².